The lowest BCUT2D eigenvalue weighted by molar-refractivity contribution is -0.658. The Labute approximate surface area is 185 Å². The Morgan fingerprint density at radius 3 is 2.00 bits per heavy atom. The molecule has 0 spiro atoms. The second kappa shape index (κ2) is 7.51. The van der Waals surface area contributed by atoms with E-state index in [9.17, 15) is 35.9 Å². The van der Waals surface area contributed by atoms with Crippen LogP contribution < -0.4 is 21.6 Å². The molecular weight excluding hydrogens is 478 g/mol. The first-order chi connectivity index (χ1) is 15.4. The Morgan fingerprint density at radius 2 is 1.45 bits per heavy atom. The minimum Gasteiger partial charge on any atom is -0.273 e. The lowest BCUT2D eigenvalue weighted by atomic mass is 9.87. The van der Waals surface area contributed by atoms with E-state index >= 15 is 0 Å². The van der Waals surface area contributed by atoms with Crippen molar-refractivity contribution in [2.45, 2.75) is 17.9 Å². The fourth-order valence-corrected chi connectivity index (χ4v) is 3.70. The van der Waals surface area contributed by atoms with Crippen molar-refractivity contribution >= 4 is 23.3 Å². The normalized spacial score (nSPS) is 15.4. The Bertz CT molecular complexity index is 1350. The number of nitrogens with one attached hydrogen (secondary N) is 3. The van der Waals surface area contributed by atoms with Crippen molar-refractivity contribution < 1.29 is 31.3 Å². The maximum Gasteiger partial charge on any atom is 0.446 e. The molecule has 3 N–H and O–H groups in total. The van der Waals surface area contributed by atoms with E-state index in [1.807, 2.05) is 0 Å². The quantitative estimate of drug-likeness (QED) is 0.484. The number of alkyl halides is 6. The molecule has 0 saturated heterocycles. The van der Waals surface area contributed by atoms with Crippen LogP contribution in [0.3, 0.4) is 0 Å². The van der Waals surface area contributed by atoms with Gasteiger partial charge in [0, 0.05) is 5.02 Å². The van der Waals surface area contributed by atoms with Crippen LogP contribution in [-0.2, 0) is 5.54 Å². The van der Waals surface area contributed by atoms with Gasteiger partial charge in [-0.25, -0.2) is 19.7 Å². The highest BCUT2D eigenvalue weighted by molar-refractivity contribution is 6.30. The molecule has 1 aromatic heterocycles. The zero-order valence-electron chi connectivity index (χ0n) is 16.1. The van der Waals surface area contributed by atoms with Gasteiger partial charge in [0.1, 0.15) is 5.56 Å². The van der Waals surface area contributed by atoms with Crippen LogP contribution in [0, 0.1) is 0 Å². The van der Waals surface area contributed by atoms with Gasteiger partial charge in [-0.1, -0.05) is 29.8 Å². The standard InChI is InChI=1S/C20H11ClF6N4O2/c21-11-8-6-10(7-9-11)14-28-15-13(18(30-14,19(22,23)24)20(25,26)27)16(32)29-17(33)31(15)12-4-2-1-3-5-12/h1-9H,(H,28,30)(H,29,32,33)/p+1. The van der Waals surface area contributed by atoms with Crippen LogP contribution in [0.1, 0.15) is 11.1 Å². The molecule has 3 aromatic rings. The molecule has 0 fully saturated rings. The van der Waals surface area contributed by atoms with Gasteiger partial charge in [-0.15, -0.1) is 0 Å². The summed E-state index contributed by atoms with van der Waals surface area (Å²) in [5.41, 5.74) is -9.84. The number of rotatable bonds is 2. The summed E-state index contributed by atoms with van der Waals surface area (Å²) in [7, 11) is 0. The molecule has 1 aliphatic heterocycles. The number of aromatic nitrogens is 2. The van der Waals surface area contributed by atoms with Crippen LogP contribution in [0.2, 0.25) is 5.02 Å². The van der Waals surface area contributed by atoms with Crippen molar-refractivity contribution in [3.8, 4) is 5.69 Å². The molecule has 33 heavy (non-hydrogen) atoms. The Morgan fingerprint density at radius 1 is 0.879 bits per heavy atom. The summed E-state index contributed by atoms with van der Waals surface area (Å²) in [4.78, 5) is 28.1. The number of benzene rings is 2. The number of fused-ring (bicyclic) bond motifs is 1. The number of H-pyrrole nitrogens is 1. The second-order valence-corrected chi connectivity index (χ2v) is 7.47. The molecule has 0 radical (unpaired) electrons. The number of halogens is 7. The minimum absolute atomic E-state index is 0.0712. The highest BCUT2D eigenvalue weighted by Crippen LogP contribution is 2.48. The fourth-order valence-electron chi connectivity index (χ4n) is 3.57. The number of amidine groups is 1. The SMILES string of the molecule is O=c1[nH]c(=O)n(-c2ccccc2)c2c1C(C(F)(F)F)(C(F)(F)F)[NH+]=C(c1ccc(Cl)cc1)N2. The van der Waals surface area contributed by atoms with Crippen molar-refractivity contribution in [2.24, 2.45) is 0 Å². The summed E-state index contributed by atoms with van der Waals surface area (Å²) >= 11 is 5.78. The number of hydrogen-bond donors (Lipinski definition) is 3. The number of anilines is 1. The smallest absolute Gasteiger partial charge is 0.273 e. The van der Waals surface area contributed by atoms with Crippen molar-refractivity contribution in [3.63, 3.8) is 0 Å². The van der Waals surface area contributed by atoms with Gasteiger partial charge in [0.05, 0.1) is 11.3 Å². The maximum absolute atomic E-state index is 14.3. The largest absolute Gasteiger partial charge is 0.446 e. The third-order valence-corrected chi connectivity index (χ3v) is 5.29. The summed E-state index contributed by atoms with van der Waals surface area (Å²) in [5, 5.41) is 2.57. The maximum atomic E-state index is 14.3. The number of aromatic amines is 1. The van der Waals surface area contributed by atoms with Crippen molar-refractivity contribution in [1.29, 1.82) is 0 Å². The molecule has 172 valence electrons. The number of hydrogen-bond acceptors (Lipinski definition) is 3. The van der Waals surface area contributed by atoms with E-state index in [0.29, 0.717) is 4.57 Å². The molecular formula is C20H12ClF6N4O2+. The first-order valence-corrected chi connectivity index (χ1v) is 9.51. The molecule has 0 bridgehead atoms. The van der Waals surface area contributed by atoms with E-state index in [0.717, 1.165) is 0 Å². The van der Waals surface area contributed by atoms with Crippen LogP contribution in [0.5, 0.6) is 0 Å². The van der Waals surface area contributed by atoms with E-state index in [4.69, 9.17) is 11.6 Å². The topological polar surface area (TPSA) is 80.9 Å². The van der Waals surface area contributed by atoms with E-state index in [2.05, 4.69) is 5.32 Å². The highest BCUT2D eigenvalue weighted by atomic mass is 35.5. The van der Waals surface area contributed by atoms with Crippen LogP contribution in [-0.4, -0.2) is 27.7 Å². The predicted octanol–water partition coefficient (Wildman–Crippen LogP) is 2.45. The van der Waals surface area contributed by atoms with Gasteiger partial charge in [-0.05, 0) is 36.4 Å². The van der Waals surface area contributed by atoms with Gasteiger partial charge in [0.2, 0.25) is 5.82 Å². The zero-order valence-corrected chi connectivity index (χ0v) is 16.9. The predicted molar refractivity (Wildman–Crippen MR) is 107 cm³/mol. The molecule has 0 amide bonds. The van der Waals surface area contributed by atoms with Gasteiger partial charge >= 0.3 is 23.6 Å². The van der Waals surface area contributed by atoms with Crippen molar-refractivity contribution in [1.82, 2.24) is 9.55 Å². The molecule has 4 rings (SSSR count). The molecule has 0 aliphatic carbocycles. The lowest BCUT2D eigenvalue weighted by Crippen LogP contribution is -2.97. The lowest BCUT2D eigenvalue weighted by Gasteiger charge is -2.35. The van der Waals surface area contributed by atoms with Gasteiger partial charge < -0.3 is 0 Å². The molecule has 2 heterocycles. The molecule has 2 aromatic carbocycles. The molecule has 13 heteroatoms. The molecule has 1 aliphatic rings. The fraction of sp³-hybridized carbons (Fsp3) is 0.150. The Hall–Kier alpha value is -3.54. The summed E-state index contributed by atoms with van der Waals surface area (Å²) in [5.74, 6) is -1.71. The van der Waals surface area contributed by atoms with Gasteiger partial charge in [-0.3, -0.25) is 9.78 Å². The van der Waals surface area contributed by atoms with E-state index in [-0.39, 0.29) is 16.3 Å². The average molecular weight is 490 g/mol. The second-order valence-electron chi connectivity index (χ2n) is 7.03. The molecule has 0 saturated carbocycles. The first kappa shape index (κ1) is 22.6. The highest BCUT2D eigenvalue weighted by Gasteiger charge is 2.78. The number of nitrogens with zero attached hydrogens (tertiary/aromatic N) is 1. The monoisotopic (exact) mass is 489 g/mol. The van der Waals surface area contributed by atoms with Crippen LogP contribution in [0.4, 0.5) is 32.2 Å². The third kappa shape index (κ3) is 3.50. The van der Waals surface area contributed by atoms with Crippen LogP contribution in [0.25, 0.3) is 5.69 Å². The van der Waals surface area contributed by atoms with Crippen molar-refractivity contribution in [2.75, 3.05) is 5.32 Å². The summed E-state index contributed by atoms with van der Waals surface area (Å²) in [6, 6.07) is 11.8. The zero-order chi connectivity index (χ0) is 24.2. The van der Waals surface area contributed by atoms with Crippen LogP contribution >= 0.6 is 11.6 Å². The Balaban J connectivity index is 2.18. The van der Waals surface area contributed by atoms with Crippen molar-refractivity contribution in [3.05, 3.63) is 91.6 Å². The summed E-state index contributed by atoms with van der Waals surface area (Å²) in [6.07, 6.45) is -12.1. The first-order valence-electron chi connectivity index (χ1n) is 9.13. The van der Waals surface area contributed by atoms with Gasteiger partial charge in [0.25, 0.3) is 11.4 Å². The van der Waals surface area contributed by atoms with Gasteiger partial charge in [-0.2, -0.15) is 26.3 Å². The molecule has 0 atom stereocenters. The minimum atomic E-state index is -6.04. The molecule has 0 unspecified atom stereocenters. The van der Waals surface area contributed by atoms with E-state index < -0.39 is 46.4 Å². The summed E-state index contributed by atoms with van der Waals surface area (Å²) in [6.45, 7) is 0. The van der Waals surface area contributed by atoms with Crippen LogP contribution in [0.15, 0.2) is 64.2 Å². The average Bonchev–Trinajstić information content (AvgIpc) is 2.72. The Kier molecular flexibility index (Phi) is 5.15. The van der Waals surface area contributed by atoms with E-state index in [1.165, 1.54) is 59.6 Å². The third-order valence-electron chi connectivity index (χ3n) is 5.04. The van der Waals surface area contributed by atoms with Gasteiger partial charge in [0.15, 0.2) is 0 Å². The number of para-hydroxylation sites is 1. The molecule has 6 nitrogen and oxygen atoms in total. The van der Waals surface area contributed by atoms with E-state index in [1.54, 1.807) is 4.98 Å². The summed E-state index contributed by atoms with van der Waals surface area (Å²) < 4.78 is 86.1.